The van der Waals surface area contributed by atoms with E-state index in [2.05, 4.69) is 37.1 Å². The predicted molar refractivity (Wildman–Crippen MR) is 96.0 cm³/mol. The van der Waals surface area contributed by atoms with E-state index >= 15 is 0 Å². The lowest BCUT2D eigenvalue weighted by Gasteiger charge is -2.20. The summed E-state index contributed by atoms with van der Waals surface area (Å²) in [5.41, 5.74) is 3.54. The molecule has 0 heterocycles. The average molecular weight is 338 g/mol. The highest BCUT2D eigenvalue weighted by molar-refractivity contribution is 7.96. The lowest BCUT2D eigenvalue weighted by molar-refractivity contribution is -0.118. The minimum Gasteiger partial charge on any atom is -0.453 e. The van der Waals surface area contributed by atoms with Crippen LogP contribution in [0.15, 0.2) is 12.1 Å². The second-order valence-electron chi connectivity index (χ2n) is 6.12. The number of likely N-dealkylation sites (N-methyl/N-ethyl adjacent to an activating group) is 1. The summed E-state index contributed by atoms with van der Waals surface area (Å²) in [5.74, 6) is 0.389. The van der Waals surface area contributed by atoms with Crippen LogP contribution >= 0.6 is 12.6 Å². The lowest BCUT2D eigenvalue weighted by atomic mass is 10.0. The molecular weight excluding hydrogens is 312 g/mol. The van der Waals surface area contributed by atoms with Crippen LogP contribution in [0.2, 0.25) is 0 Å². The Morgan fingerprint density at radius 2 is 1.78 bits per heavy atom. The van der Waals surface area contributed by atoms with E-state index in [9.17, 15) is 9.59 Å². The fourth-order valence-corrected chi connectivity index (χ4v) is 2.58. The van der Waals surface area contributed by atoms with Gasteiger partial charge in [0.15, 0.2) is 0 Å². The smallest absolute Gasteiger partial charge is 0.364 e. The molecule has 23 heavy (non-hydrogen) atoms. The van der Waals surface area contributed by atoms with Crippen LogP contribution in [0.25, 0.3) is 0 Å². The zero-order chi connectivity index (χ0) is 17.6. The van der Waals surface area contributed by atoms with Crippen molar-refractivity contribution in [3.63, 3.8) is 0 Å². The summed E-state index contributed by atoms with van der Waals surface area (Å²) in [6, 6.07) is 3.57. The van der Waals surface area contributed by atoms with Crippen LogP contribution in [0.1, 0.15) is 37.0 Å². The normalized spacial score (nSPS) is 12.1. The van der Waals surface area contributed by atoms with Gasteiger partial charge in [-0.3, -0.25) is 4.79 Å². The highest BCUT2D eigenvalue weighted by Gasteiger charge is 2.19. The molecule has 1 atom stereocenters. The molecule has 0 aliphatic heterocycles. The summed E-state index contributed by atoms with van der Waals surface area (Å²) >= 11 is 3.58. The van der Waals surface area contributed by atoms with Crippen molar-refractivity contribution >= 4 is 29.5 Å². The summed E-state index contributed by atoms with van der Waals surface area (Å²) in [6.45, 7) is 8.19. The number of nitrogens with one attached hydrogen (secondary N) is 2. The highest BCUT2D eigenvalue weighted by atomic mass is 32.1. The van der Waals surface area contributed by atoms with E-state index in [-0.39, 0.29) is 18.6 Å². The summed E-state index contributed by atoms with van der Waals surface area (Å²) in [5, 5.41) is 5.45. The number of amides is 1. The molecule has 1 unspecified atom stereocenters. The number of carbonyl (C=O) groups is 2. The van der Waals surface area contributed by atoms with Crippen LogP contribution in [0.3, 0.4) is 0 Å². The van der Waals surface area contributed by atoms with Gasteiger partial charge in [-0.1, -0.05) is 38.6 Å². The van der Waals surface area contributed by atoms with Crippen molar-refractivity contribution in [1.29, 1.82) is 0 Å². The molecule has 0 aliphatic rings. The molecule has 0 spiro atoms. The van der Waals surface area contributed by atoms with Gasteiger partial charge in [0.2, 0.25) is 5.91 Å². The number of anilines is 1. The van der Waals surface area contributed by atoms with Crippen LogP contribution in [-0.4, -0.2) is 24.3 Å². The largest absolute Gasteiger partial charge is 0.453 e. The molecule has 1 aromatic carbocycles. The molecule has 2 N–H and O–H groups in total. The second-order valence-corrected chi connectivity index (χ2v) is 6.48. The van der Waals surface area contributed by atoms with Crippen LogP contribution in [0.4, 0.5) is 10.5 Å². The number of aryl methyl sites for hydroxylation is 2. The first-order chi connectivity index (χ1) is 10.7. The van der Waals surface area contributed by atoms with Crippen LogP contribution in [0, 0.1) is 19.8 Å². The van der Waals surface area contributed by atoms with Gasteiger partial charge in [-0.05, 0) is 49.9 Å². The fourth-order valence-electron chi connectivity index (χ4n) is 2.52. The quantitative estimate of drug-likeness (QED) is 0.526. The van der Waals surface area contributed by atoms with E-state index in [0.717, 1.165) is 28.8 Å². The Balaban J connectivity index is 2.88. The van der Waals surface area contributed by atoms with Gasteiger partial charge in [-0.15, -0.1) is 0 Å². The van der Waals surface area contributed by atoms with Crippen LogP contribution in [0.5, 0.6) is 0 Å². The molecule has 0 bridgehead atoms. The first kappa shape index (κ1) is 19.5. The summed E-state index contributed by atoms with van der Waals surface area (Å²) in [4.78, 5) is 23.2. The number of ether oxygens (including phenoxy) is 1. The number of hydrogen-bond acceptors (Lipinski definition) is 4. The molecule has 0 saturated carbocycles. The van der Waals surface area contributed by atoms with Gasteiger partial charge in [0.25, 0.3) is 0 Å². The van der Waals surface area contributed by atoms with Crippen molar-refractivity contribution in [2.45, 2.75) is 46.8 Å². The number of thiol groups is 1. The Bertz CT molecular complexity index is 550. The molecule has 1 amide bonds. The lowest BCUT2D eigenvalue weighted by Crippen LogP contribution is -2.39. The van der Waals surface area contributed by atoms with Gasteiger partial charge >= 0.3 is 5.30 Å². The van der Waals surface area contributed by atoms with Crippen molar-refractivity contribution in [1.82, 2.24) is 5.32 Å². The minimum absolute atomic E-state index is 0.0399. The van der Waals surface area contributed by atoms with Crippen molar-refractivity contribution in [3.05, 3.63) is 28.8 Å². The molecular formula is C17H26N2O3S. The van der Waals surface area contributed by atoms with Crippen molar-refractivity contribution < 1.29 is 14.3 Å². The van der Waals surface area contributed by atoms with Crippen molar-refractivity contribution in [2.75, 3.05) is 12.4 Å². The standard InChI is InChI=1S/C17H26N2O3S/c1-10(2)6-14(18-5)16(20)19-15-11(3)7-13(8-12(15)4)9-22-17(21)23/h7-8,10,14,18H,6,9H2,1-5H3,(H,19,20)(H,21,23). The van der Waals surface area contributed by atoms with Gasteiger partial charge in [-0.25, -0.2) is 4.79 Å². The molecule has 1 aromatic rings. The maximum atomic E-state index is 12.4. The van der Waals surface area contributed by atoms with E-state index in [1.165, 1.54) is 0 Å². The van der Waals surface area contributed by atoms with E-state index in [1.54, 1.807) is 7.05 Å². The monoisotopic (exact) mass is 338 g/mol. The fraction of sp³-hybridized carbons (Fsp3) is 0.529. The highest BCUT2D eigenvalue weighted by Crippen LogP contribution is 2.23. The Morgan fingerprint density at radius 1 is 1.22 bits per heavy atom. The zero-order valence-corrected chi connectivity index (χ0v) is 15.3. The van der Waals surface area contributed by atoms with Gasteiger partial charge < -0.3 is 15.4 Å². The third kappa shape index (κ3) is 6.23. The Hall–Kier alpha value is -1.53. The summed E-state index contributed by atoms with van der Waals surface area (Å²) in [7, 11) is 1.79. The molecule has 0 aliphatic carbocycles. The van der Waals surface area contributed by atoms with Gasteiger partial charge in [0, 0.05) is 5.69 Å². The molecule has 128 valence electrons. The maximum absolute atomic E-state index is 12.4. The van der Waals surface area contributed by atoms with E-state index in [4.69, 9.17) is 4.74 Å². The average Bonchev–Trinajstić information content (AvgIpc) is 2.45. The molecule has 0 fully saturated rings. The Kier molecular flexibility index (Phi) is 7.58. The first-order valence-corrected chi connectivity index (χ1v) is 8.13. The Labute approximate surface area is 143 Å². The number of benzene rings is 1. The van der Waals surface area contributed by atoms with Crippen LogP contribution in [-0.2, 0) is 16.1 Å². The topological polar surface area (TPSA) is 67.4 Å². The summed E-state index contributed by atoms with van der Waals surface area (Å²) in [6.07, 6.45) is 0.774. The van der Waals surface area contributed by atoms with Gasteiger partial charge in [0.1, 0.15) is 6.61 Å². The maximum Gasteiger partial charge on any atom is 0.364 e. The molecule has 0 aromatic heterocycles. The number of hydrogen-bond donors (Lipinski definition) is 3. The third-order valence-corrected chi connectivity index (χ3v) is 3.70. The van der Waals surface area contributed by atoms with Gasteiger partial charge in [-0.2, -0.15) is 0 Å². The van der Waals surface area contributed by atoms with E-state index in [1.807, 2.05) is 26.0 Å². The molecule has 1 rings (SSSR count). The van der Waals surface area contributed by atoms with Gasteiger partial charge in [0.05, 0.1) is 6.04 Å². The molecule has 5 nitrogen and oxygen atoms in total. The van der Waals surface area contributed by atoms with Crippen LogP contribution < -0.4 is 10.6 Å². The number of carbonyl (C=O) groups excluding carboxylic acids is 2. The minimum atomic E-state index is -0.608. The third-order valence-electron chi connectivity index (χ3n) is 3.58. The van der Waals surface area contributed by atoms with Crippen molar-refractivity contribution in [2.24, 2.45) is 5.92 Å². The Morgan fingerprint density at radius 3 is 2.22 bits per heavy atom. The first-order valence-electron chi connectivity index (χ1n) is 7.68. The summed E-state index contributed by atoms with van der Waals surface area (Å²) < 4.78 is 4.89. The van der Waals surface area contributed by atoms with Crippen molar-refractivity contribution in [3.8, 4) is 0 Å². The zero-order valence-electron chi connectivity index (χ0n) is 14.4. The number of rotatable bonds is 7. The molecule has 0 radical (unpaired) electrons. The van der Waals surface area contributed by atoms with E-state index in [0.29, 0.717) is 5.92 Å². The predicted octanol–water partition coefficient (Wildman–Crippen LogP) is 3.44. The molecule has 6 heteroatoms. The molecule has 0 saturated heterocycles. The second kappa shape index (κ2) is 8.93. The SMILES string of the molecule is CNC(CC(C)C)C(=O)Nc1c(C)cc(COC(=O)S)cc1C. The van der Waals surface area contributed by atoms with E-state index < -0.39 is 5.30 Å².